The van der Waals surface area contributed by atoms with E-state index in [0.29, 0.717) is 5.15 Å². The molecule has 0 aliphatic rings. The second-order valence-corrected chi connectivity index (χ2v) is 7.53. The van der Waals surface area contributed by atoms with Gasteiger partial charge in [-0.25, -0.2) is 9.67 Å². The summed E-state index contributed by atoms with van der Waals surface area (Å²) in [6.45, 7) is 3.98. The number of aromatic nitrogens is 3. The standard InChI is InChI=1S/C21H18ClN5S/c1-14-8-10-16(11-9-14)19-13-28-21(24-19)25-23-12-18-15(2)26-27(20(18)22)17-6-4-3-5-7-17/h3-13H,1-2H3,(H,24,25)/b23-12+. The average molecular weight is 408 g/mol. The molecule has 7 heteroatoms. The van der Waals surface area contributed by atoms with Crippen LogP contribution in [0.15, 0.2) is 65.1 Å². The molecule has 140 valence electrons. The van der Waals surface area contributed by atoms with Crippen molar-refractivity contribution < 1.29 is 0 Å². The predicted octanol–water partition coefficient (Wildman–Crippen LogP) is 5.71. The molecule has 0 unspecified atom stereocenters. The van der Waals surface area contributed by atoms with Gasteiger partial charge < -0.3 is 0 Å². The molecule has 1 N–H and O–H groups in total. The van der Waals surface area contributed by atoms with Crippen LogP contribution in [-0.2, 0) is 0 Å². The lowest BCUT2D eigenvalue weighted by Crippen LogP contribution is -1.96. The van der Waals surface area contributed by atoms with Crippen molar-refractivity contribution in [3.63, 3.8) is 0 Å². The second-order valence-electron chi connectivity index (χ2n) is 6.31. The number of anilines is 1. The molecule has 4 rings (SSSR count). The molecule has 4 aromatic rings. The fourth-order valence-corrected chi connectivity index (χ4v) is 3.72. The fraction of sp³-hybridized carbons (Fsp3) is 0.0952. The van der Waals surface area contributed by atoms with Gasteiger partial charge in [-0.15, -0.1) is 11.3 Å². The van der Waals surface area contributed by atoms with Crippen LogP contribution in [0.1, 0.15) is 16.8 Å². The Morgan fingerprint density at radius 3 is 2.57 bits per heavy atom. The minimum atomic E-state index is 0.522. The third-order valence-corrected chi connectivity index (χ3v) is 5.36. The fourth-order valence-electron chi connectivity index (χ4n) is 2.73. The van der Waals surface area contributed by atoms with Crippen molar-refractivity contribution in [2.45, 2.75) is 13.8 Å². The number of halogens is 1. The van der Waals surface area contributed by atoms with E-state index in [1.807, 2.05) is 42.6 Å². The summed E-state index contributed by atoms with van der Waals surface area (Å²) in [5.74, 6) is 0. The number of hydrogen-bond acceptors (Lipinski definition) is 5. The Balaban J connectivity index is 1.50. The van der Waals surface area contributed by atoms with Gasteiger partial charge in [0, 0.05) is 10.9 Å². The molecule has 28 heavy (non-hydrogen) atoms. The summed E-state index contributed by atoms with van der Waals surface area (Å²) < 4.78 is 1.71. The minimum absolute atomic E-state index is 0.522. The molecule has 0 aliphatic carbocycles. The van der Waals surface area contributed by atoms with Gasteiger partial charge in [0.1, 0.15) is 5.15 Å². The smallest absolute Gasteiger partial charge is 0.203 e. The quantitative estimate of drug-likeness (QED) is 0.340. The number of hydrazone groups is 1. The second kappa shape index (κ2) is 7.96. The number of thiazole rings is 1. The summed E-state index contributed by atoms with van der Waals surface area (Å²) in [7, 11) is 0. The Morgan fingerprint density at radius 2 is 1.82 bits per heavy atom. The number of nitrogens with zero attached hydrogens (tertiary/aromatic N) is 4. The highest BCUT2D eigenvalue weighted by Gasteiger charge is 2.13. The van der Waals surface area contributed by atoms with Crippen LogP contribution in [0.3, 0.4) is 0 Å². The highest BCUT2D eigenvalue weighted by molar-refractivity contribution is 7.14. The first-order valence-electron chi connectivity index (χ1n) is 8.74. The summed E-state index contributed by atoms with van der Waals surface area (Å²) >= 11 is 8.02. The van der Waals surface area contributed by atoms with E-state index in [-0.39, 0.29) is 0 Å². The first-order chi connectivity index (χ1) is 13.6. The van der Waals surface area contributed by atoms with Crippen molar-refractivity contribution >= 4 is 34.3 Å². The minimum Gasteiger partial charge on any atom is -0.253 e. The van der Waals surface area contributed by atoms with E-state index < -0.39 is 0 Å². The van der Waals surface area contributed by atoms with E-state index in [9.17, 15) is 0 Å². The Kier molecular flexibility index (Phi) is 5.23. The van der Waals surface area contributed by atoms with Gasteiger partial charge >= 0.3 is 0 Å². The van der Waals surface area contributed by atoms with Gasteiger partial charge in [0.15, 0.2) is 0 Å². The number of aryl methyl sites for hydroxylation is 2. The topological polar surface area (TPSA) is 55.1 Å². The molecule has 0 aliphatic heterocycles. The zero-order valence-corrected chi connectivity index (χ0v) is 17.0. The highest BCUT2D eigenvalue weighted by Crippen LogP contribution is 2.25. The van der Waals surface area contributed by atoms with E-state index in [2.05, 4.69) is 51.8 Å². The number of rotatable bonds is 5. The van der Waals surface area contributed by atoms with Crippen molar-refractivity contribution in [2.24, 2.45) is 5.10 Å². The van der Waals surface area contributed by atoms with Crippen molar-refractivity contribution in [3.05, 3.63) is 82.0 Å². The first-order valence-corrected chi connectivity index (χ1v) is 10.00. The molecule has 0 bridgehead atoms. The van der Waals surface area contributed by atoms with Gasteiger partial charge in [-0.3, -0.25) is 5.43 Å². The van der Waals surface area contributed by atoms with Crippen LogP contribution in [0.2, 0.25) is 5.15 Å². The molecule has 0 radical (unpaired) electrons. The van der Waals surface area contributed by atoms with Crippen molar-refractivity contribution in [2.75, 3.05) is 5.43 Å². The molecule has 0 fully saturated rings. The Morgan fingerprint density at radius 1 is 1.07 bits per heavy atom. The predicted molar refractivity (Wildman–Crippen MR) is 117 cm³/mol. The lowest BCUT2D eigenvalue weighted by atomic mass is 10.1. The van der Waals surface area contributed by atoms with Gasteiger partial charge in [-0.2, -0.15) is 10.2 Å². The third-order valence-electron chi connectivity index (χ3n) is 4.25. The van der Waals surface area contributed by atoms with E-state index in [4.69, 9.17) is 11.6 Å². The summed E-state index contributed by atoms with van der Waals surface area (Å²) in [6.07, 6.45) is 1.68. The molecule has 5 nitrogen and oxygen atoms in total. The van der Waals surface area contributed by atoms with Gasteiger partial charge in [0.25, 0.3) is 0 Å². The molecule has 2 heterocycles. The van der Waals surface area contributed by atoms with Crippen LogP contribution in [0.4, 0.5) is 5.13 Å². The lowest BCUT2D eigenvalue weighted by molar-refractivity contribution is 0.863. The molecular weight excluding hydrogens is 390 g/mol. The van der Waals surface area contributed by atoms with Crippen molar-refractivity contribution in [3.8, 4) is 16.9 Å². The monoisotopic (exact) mass is 407 g/mol. The maximum Gasteiger partial charge on any atom is 0.203 e. The summed E-state index contributed by atoms with van der Waals surface area (Å²) in [4.78, 5) is 4.58. The van der Waals surface area contributed by atoms with E-state index in [1.54, 1.807) is 10.9 Å². The molecule has 0 saturated heterocycles. The first kappa shape index (κ1) is 18.4. The molecule has 2 aromatic carbocycles. The molecule has 0 amide bonds. The average Bonchev–Trinajstić information content (AvgIpc) is 3.29. The van der Waals surface area contributed by atoms with Gasteiger partial charge in [0.05, 0.1) is 28.9 Å². The van der Waals surface area contributed by atoms with Crippen LogP contribution < -0.4 is 5.43 Å². The van der Waals surface area contributed by atoms with Crippen molar-refractivity contribution in [1.82, 2.24) is 14.8 Å². The lowest BCUT2D eigenvalue weighted by Gasteiger charge is -2.01. The highest BCUT2D eigenvalue weighted by atomic mass is 35.5. The molecule has 0 spiro atoms. The maximum absolute atomic E-state index is 6.51. The molecular formula is C21H18ClN5S. The van der Waals surface area contributed by atoms with Crippen LogP contribution in [0.5, 0.6) is 0 Å². The van der Waals surface area contributed by atoms with E-state index >= 15 is 0 Å². The zero-order chi connectivity index (χ0) is 19.5. The summed E-state index contributed by atoms with van der Waals surface area (Å²) in [5, 5.41) is 12.1. The van der Waals surface area contributed by atoms with Crippen LogP contribution in [-0.4, -0.2) is 21.0 Å². The normalized spacial score (nSPS) is 11.2. The van der Waals surface area contributed by atoms with Crippen LogP contribution in [0.25, 0.3) is 16.9 Å². The largest absolute Gasteiger partial charge is 0.253 e. The van der Waals surface area contributed by atoms with Gasteiger partial charge in [-0.05, 0) is 26.0 Å². The SMILES string of the molecule is Cc1ccc(-c2csc(N/N=C/c3c(C)nn(-c4ccccc4)c3Cl)n2)cc1. The Labute approximate surface area is 172 Å². The third kappa shape index (κ3) is 3.83. The van der Waals surface area contributed by atoms with Gasteiger partial charge in [0.2, 0.25) is 5.13 Å². The van der Waals surface area contributed by atoms with E-state index in [0.717, 1.165) is 33.3 Å². The Hall–Kier alpha value is -2.96. The molecule has 0 saturated carbocycles. The number of nitrogens with one attached hydrogen (secondary N) is 1. The summed E-state index contributed by atoms with van der Waals surface area (Å²) in [5.41, 5.74) is 8.70. The number of hydrogen-bond donors (Lipinski definition) is 1. The van der Waals surface area contributed by atoms with Gasteiger partial charge in [-0.1, -0.05) is 59.6 Å². The number of benzene rings is 2. The van der Waals surface area contributed by atoms with E-state index in [1.165, 1.54) is 16.9 Å². The summed E-state index contributed by atoms with van der Waals surface area (Å²) in [6, 6.07) is 18.1. The van der Waals surface area contributed by atoms with Crippen LogP contribution >= 0.6 is 22.9 Å². The zero-order valence-electron chi connectivity index (χ0n) is 15.4. The van der Waals surface area contributed by atoms with Crippen molar-refractivity contribution in [1.29, 1.82) is 0 Å². The van der Waals surface area contributed by atoms with Crippen LogP contribution in [0, 0.1) is 13.8 Å². The Bertz CT molecular complexity index is 1110. The number of para-hydroxylation sites is 1. The molecule has 0 atom stereocenters. The molecule has 2 aromatic heterocycles. The maximum atomic E-state index is 6.51.